The van der Waals surface area contributed by atoms with Crippen molar-refractivity contribution in [1.82, 2.24) is 4.90 Å². The first kappa shape index (κ1) is 12.7. The smallest absolute Gasteiger partial charge is 0.254 e. The van der Waals surface area contributed by atoms with Gasteiger partial charge in [-0.15, -0.1) is 0 Å². The van der Waals surface area contributed by atoms with Crippen LogP contribution in [0.3, 0.4) is 0 Å². The second kappa shape index (κ2) is 4.96. The van der Waals surface area contributed by atoms with Gasteiger partial charge in [0.25, 0.3) is 5.91 Å². The van der Waals surface area contributed by atoms with Gasteiger partial charge in [-0.3, -0.25) is 4.79 Å². The maximum Gasteiger partial charge on any atom is 0.254 e. The second-order valence-electron chi connectivity index (χ2n) is 5.12. The molecule has 1 atom stereocenters. The summed E-state index contributed by atoms with van der Waals surface area (Å²) in [4.78, 5) is 14.2. The minimum Gasteiger partial charge on any atom is -0.619 e. The molecule has 1 heterocycles. The molecule has 20 heavy (non-hydrogen) atoms. The molecular formula is C16H16N2O2. The highest BCUT2D eigenvalue weighted by Gasteiger charge is 2.28. The van der Waals surface area contributed by atoms with Crippen LogP contribution >= 0.6 is 0 Å². The molecule has 1 aliphatic rings. The lowest BCUT2D eigenvalue weighted by atomic mass is 10.1. The highest BCUT2D eigenvalue weighted by atomic mass is 16.5. The predicted molar refractivity (Wildman–Crippen MR) is 75.0 cm³/mol. The van der Waals surface area contributed by atoms with E-state index in [1.54, 1.807) is 17.0 Å². The zero-order chi connectivity index (χ0) is 14.1. The maximum atomic E-state index is 12.5. The molecule has 1 aromatic heterocycles. The van der Waals surface area contributed by atoms with Gasteiger partial charge in [0.1, 0.15) is 0 Å². The quantitative estimate of drug-likeness (QED) is 0.618. The summed E-state index contributed by atoms with van der Waals surface area (Å²) in [5, 5.41) is 11.0. The summed E-state index contributed by atoms with van der Waals surface area (Å²) in [6.07, 6.45) is 4.66. The van der Waals surface area contributed by atoms with Gasteiger partial charge >= 0.3 is 0 Å². The summed E-state index contributed by atoms with van der Waals surface area (Å²) < 4.78 is 0.682. The van der Waals surface area contributed by atoms with Gasteiger partial charge in [0.15, 0.2) is 12.4 Å². The van der Waals surface area contributed by atoms with Gasteiger partial charge < -0.3 is 10.1 Å². The van der Waals surface area contributed by atoms with Gasteiger partial charge in [-0.25, -0.2) is 0 Å². The van der Waals surface area contributed by atoms with Crippen molar-refractivity contribution < 1.29 is 9.52 Å². The molecule has 2 aromatic rings. The first-order valence-corrected chi connectivity index (χ1v) is 6.70. The molecule has 0 fully saturated rings. The molecule has 0 saturated carbocycles. The van der Waals surface area contributed by atoms with Crippen LogP contribution in [0.1, 0.15) is 33.9 Å². The minimum atomic E-state index is -0.0488. The molecule has 1 aromatic carbocycles. The van der Waals surface area contributed by atoms with Crippen LogP contribution in [-0.4, -0.2) is 17.9 Å². The Kier molecular flexibility index (Phi) is 3.14. The molecule has 0 spiro atoms. The zero-order valence-corrected chi connectivity index (χ0v) is 11.3. The Labute approximate surface area is 117 Å². The third-order valence-corrected chi connectivity index (χ3v) is 3.94. The Balaban J connectivity index is 1.85. The molecule has 0 saturated heterocycles. The molecule has 4 nitrogen and oxygen atoms in total. The van der Waals surface area contributed by atoms with E-state index in [0.29, 0.717) is 10.3 Å². The molecule has 1 amide bonds. The van der Waals surface area contributed by atoms with E-state index < -0.39 is 0 Å². The van der Waals surface area contributed by atoms with Crippen molar-refractivity contribution in [1.29, 1.82) is 0 Å². The van der Waals surface area contributed by atoms with Crippen LogP contribution < -0.4 is 4.73 Å². The molecule has 0 unspecified atom stereocenters. The molecule has 0 radical (unpaired) electrons. The number of fused-ring (bicyclic) bond motifs is 1. The van der Waals surface area contributed by atoms with Crippen molar-refractivity contribution >= 4 is 5.91 Å². The SMILES string of the molecule is CN(C(=O)c1cc[n+]([O-])cc1)[C@H]1CCc2ccccc21. The number of amides is 1. The normalized spacial score (nSPS) is 16.8. The van der Waals surface area contributed by atoms with E-state index in [0.717, 1.165) is 12.8 Å². The predicted octanol–water partition coefficient (Wildman–Crippen LogP) is 2.08. The van der Waals surface area contributed by atoms with E-state index in [1.807, 2.05) is 19.2 Å². The molecule has 3 rings (SSSR count). The lowest BCUT2D eigenvalue weighted by molar-refractivity contribution is -0.605. The van der Waals surface area contributed by atoms with Crippen molar-refractivity contribution in [3.05, 3.63) is 70.7 Å². The Bertz CT molecular complexity index is 637. The van der Waals surface area contributed by atoms with Crippen LogP contribution in [-0.2, 0) is 6.42 Å². The molecular weight excluding hydrogens is 252 g/mol. The molecule has 1 aliphatic carbocycles. The molecule has 0 aliphatic heterocycles. The lowest BCUT2D eigenvalue weighted by Gasteiger charge is -2.25. The lowest BCUT2D eigenvalue weighted by Crippen LogP contribution is -2.31. The summed E-state index contributed by atoms with van der Waals surface area (Å²) >= 11 is 0. The highest BCUT2D eigenvalue weighted by molar-refractivity contribution is 5.94. The topological polar surface area (TPSA) is 47.2 Å². The fourth-order valence-corrected chi connectivity index (χ4v) is 2.84. The van der Waals surface area contributed by atoms with E-state index in [4.69, 9.17) is 0 Å². The van der Waals surface area contributed by atoms with E-state index >= 15 is 0 Å². The van der Waals surface area contributed by atoms with Gasteiger partial charge in [0.05, 0.1) is 11.6 Å². The van der Waals surface area contributed by atoms with Crippen LogP contribution in [0.15, 0.2) is 48.8 Å². The Hall–Kier alpha value is -2.36. The number of rotatable bonds is 2. The van der Waals surface area contributed by atoms with Gasteiger partial charge in [-0.1, -0.05) is 24.3 Å². The van der Waals surface area contributed by atoms with Crippen LogP contribution in [0.25, 0.3) is 0 Å². The number of benzene rings is 1. The Morgan fingerprint density at radius 3 is 2.70 bits per heavy atom. The number of carbonyl (C=O) groups is 1. The average Bonchev–Trinajstić information content (AvgIpc) is 2.90. The standard InChI is InChI=1S/C16H16N2O2/c1-17(16(19)13-8-10-18(20)11-9-13)15-7-6-12-4-2-3-5-14(12)15/h2-5,8-11,15H,6-7H2,1H3/t15-/m0/s1. The van der Waals surface area contributed by atoms with Crippen LogP contribution in [0.2, 0.25) is 0 Å². The summed E-state index contributed by atoms with van der Waals surface area (Å²) in [6.45, 7) is 0. The van der Waals surface area contributed by atoms with Gasteiger partial charge in [0, 0.05) is 19.2 Å². The number of aryl methyl sites for hydroxylation is 1. The van der Waals surface area contributed by atoms with Gasteiger partial charge in [-0.2, -0.15) is 4.73 Å². The summed E-state index contributed by atoms with van der Waals surface area (Å²) in [5.41, 5.74) is 3.10. The Morgan fingerprint density at radius 1 is 1.25 bits per heavy atom. The van der Waals surface area contributed by atoms with E-state index in [1.165, 1.54) is 23.5 Å². The minimum absolute atomic E-state index is 0.0488. The monoisotopic (exact) mass is 268 g/mol. The average molecular weight is 268 g/mol. The number of aromatic nitrogens is 1. The second-order valence-corrected chi connectivity index (χ2v) is 5.12. The number of nitrogens with zero attached hydrogens (tertiary/aromatic N) is 2. The van der Waals surface area contributed by atoms with Gasteiger partial charge in [-0.05, 0) is 24.0 Å². The van der Waals surface area contributed by atoms with Crippen LogP contribution in [0.4, 0.5) is 0 Å². The van der Waals surface area contributed by atoms with Crippen molar-refractivity contribution in [2.45, 2.75) is 18.9 Å². The van der Waals surface area contributed by atoms with Crippen molar-refractivity contribution in [3.63, 3.8) is 0 Å². The first-order chi connectivity index (χ1) is 9.66. The summed E-state index contributed by atoms with van der Waals surface area (Å²) in [6, 6.07) is 11.5. The molecule has 102 valence electrons. The fourth-order valence-electron chi connectivity index (χ4n) is 2.84. The first-order valence-electron chi connectivity index (χ1n) is 6.70. The van der Waals surface area contributed by atoms with Gasteiger partial charge in [0.2, 0.25) is 0 Å². The third-order valence-electron chi connectivity index (χ3n) is 3.94. The fraction of sp³-hybridized carbons (Fsp3) is 0.250. The Morgan fingerprint density at radius 2 is 1.95 bits per heavy atom. The zero-order valence-electron chi connectivity index (χ0n) is 11.3. The summed E-state index contributed by atoms with van der Waals surface area (Å²) in [5.74, 6) is -0.0488. The van der Waals surface area contributed by atoms with Crippen molar-refractivity contribution in [2.24, 2.45) is 0 Å². The van der Waals surface area contributed by atoms with Crippen molar-refractivity contribution in [3.8, 4) is 0 Å². The number of hydrogen-bond donors (Lipinski definition) is 0. The summed E-state index contributed by atoms with van der Waals surface area (Å²) in [7, 11) is 1.83. The number of pyridine rings is 1. The van der Waals surface area contributed by atoms with Crippen molar-refractivity contribution in [2.75, 3.05) is 7.05 Å². The number of hydrogen-bond acceptors (Lipinski definition) is 2. The maximum absolute atomic E-state index is 12.5. The van der Waals surface area contributed by atoms with E-state index in [9.17, 15) is 10.0 Å². The molecule has 0 bridgehead atoms. The number of carbonyl (C=O) groups excluding carboxylic acids is 1. The van der Waals surface area contributed by atoms with Crippen LogP contribution in [0.5, 0.6) is 0 Å². The van der Waals surface area contributed by atoms with E-state index in [-0.39, 0.29) is 11.9 Å². The molecule has 4 heteroatoms. The van der Waals surface area contributed by atoms with E-state index in [2.05, 4.69) is 12.1 Å². The largest absolute Gasteiger partial charge is 0.619 e. The third kappa shape index (κ3) is 2.13. The highest BCUT2D eigenvalue weighted by Crippen LogP contribution is 2.35. The van der Waals surface area contributed by atoms with Crippen LogP contribution in [0, 0.1) is 5.21 Å². The molecule has 0 N–H and O–H groups in total.